The van der Waals surface area contributed by atoms with Crippen LogP contribution in [-0.4, -0.2) is 25.2 Å². The first-order valence-corrected chi connectivity index (χ1v) is 5.41. The zero-order valence-corrected chi connectivity index (χ0v) is 10.3. The number of aromatic nitrogens is 1. The monoisotopic (exact) mass is 246 g/mol. The summed E-state index contributed by atoms with van der Waals surface area (Å²) >= 11 is 0. The highest BCUT2D eigenvalue weighted by atomic mass is 16.5. The topological polar surface area (TPSA) is 74.4 Å². The van der Waals surface area contributed by atoms with E-state index in [1.807, 2.05) is 18.2 Å². The largest absolute Gasteiger partial charge is 0.465 e. The third-order valence-electron chi connectivity index (χ3n) is 2.69. The maximum absolute atomic E-state index is 11.5. The summed E-state index contributed by atoms with van der Waals surface area (Å²) in [7, 11) is 2.93. The van der Waals surface area contributed by atoms with Gasteiger partial charge >= 0.3 is 5.97 Å². The van der Waals surface area contributed by atoms with Crippen LogP contribution in [0.2, 0.25) is 0 Å². The van der Waals surface area contributed by atoms with Gasteiger partial charge in [-0.15, -0.1) is 0 Å². The van der Waals surface area contributed by atoms with Crippen molar-refractivity contribution < 1.29 is 14.3 Å². The molecule has 1 aromatic carbocycles. The maximum Gasteiger partial charge on any atom is 0.341 e. The van der Waals surface area contributed by atoms with E-state index in [4.69, 9.17) is 10.5 Å². The normalized spacial score (nSPS) is 10.6. The van der Waals surface area contributed by atoms with E-state index in [1.54, 1.807) is 7.11 Å². The van der Waals surface area contributed by atoms with Gasteiger partial charge in [-0.1, -0.05) is 6.07 Å². The lowest BCUT2D eigenvalue weighted by Crippen LogP contribution is -2.07. The highest BCUT2D eigenvalue weighted by Crippen LogP contribution is 2.24. The number of rotatable bonds is 3. The van der Waals surface area contributed by atoms with Crippen LogP contribution >= 0.6 is 0 Å². The van der Waals surface area contributed by atoms with E-state index in [0.29, 0.717) is 12.3 Å². The van der Waals surface area contributed by atoms with Crippen molar-refractivity contribution in [2.45, 2.75) is 6.61 Å². The number of benzene rings is 1. The molecule has 0 aliphatic heterocycles. The van der Waals surface area contributed by atoms with Crippen LogP contribution in [0.5, 0.6) is 0 Å². The second-order valence-corrected chi connectivity index (χ2v) is 3.86. The molecule has 0 fully saturated rings. The summed E-state index contributed by atoms with van der Waals surface area (Å²) in [5, 5.41) is 0.729. The molecule has 0 spiro atoms. The molecule has 0 saturated heterocycles. The Morgan fingerprint density at radius 3 is 2.83 bits per heavy atom. The maximum atomic E-state index is 11.5. The van der Waals surface area contributed by atoms with E-state index in [0.717, 1.165) is 16.5 Å². The Labute approximate surface area is 105 Å². The van der Waals surface area contributed by atoms with Crippen molar-refractivity contribution in [3.63, 3.8) is 0 Å². The van der Waals surface area contributed by atoms with E-state index < -0.39 is 5.97 Å². The van der Waals surface area contributed by atoms with Crippen molar-refractivity contribution >= 4 is 22.6 Å². The number of carbonyl (C=O) groups is 1. The molecule has 0 atom stereocenters. The molecule has 18 heavy (non-hydrogen) atoms. The van der Waals surface area contributed by atoms with Crippen molar-refractivity contribution in [1.82, 2.24) is 4.98 Å². The molecular weight excluding hydrogens is 232 g/mol. The summed E-state index contributed by atoms with van der Waals surface area (Å²) in [5.41, 5.74) is 8.34. The smallest absolute Gasteiger partial charge is 0.341 e. The number of esters is 1. The minimum atomic E-state index is -0.487. The van der Waals surface area contributed by atoms with Crippen molar-refractivity contribution in [2.75, 3.05) is 20.0 Å². The predicted octanol–water partition coefficient (Wildman–Crippen LogP) is 1.75. The predicted molar refractivity (Wildman–Crippen MR) is 68.2 cm³/mol. The zero-order valence-electron chi connectivity index (χ0n) is 10.3. The van der Waals surface area contributed by atoms with Crippen molar-refractivity contribution in [3.8, 4) is 0 Å². The van der Waals surface area contributed by atoms with Gasteiger partial charge in [-0.2, -0.15) is 0 Å². The Hall–Kier alpha value is -2.14. The number of fused-ring (bicyclic) bond motifs is 1. The molecule has 94 valence electrons. The average molecular weight is 246 g/mol. The van der Waals surface area contributed by atoms with Gasteiger partial charge in [0.15, 0.2) is 0 Å². The quantitative estimate of drug-likeness (QED) is 0.835. The van der Waals surface area contributed by atoms with Crippen molar-refractivity contribution in [2.24, 2.45) is 0 Å². The van der Waals surface area contributed by atoms with E-state index in [1.165, 1.54) is 13.3 Å². The van der Waals surface area contributed by atoms with E-state index >= 15 is 0 Å². The Morgan fingerprint density at radius 1 is 1.39 bits per heavy atom. The van der Waals surface area contributed by atoms with Gasteiger partial charge in [0.25, 0.3) is 0 Å². The second-order valence-electron chi connectivity index (χ2n) is 3.86. The van der Waals surface area contributed by atoms with Crippen LogP contribution in [0, 0.1) is 0 Å². The molecule has 0 radical (unpaired) electrons. The fourth-order valence-corrected chi connectivity index (χ4v) is 1.79. The number of hydrogen-bond donors (Lipinski definition) is 1. The number of anilines is 1. The molecule has 5 nitrogen and oxygen atoms in total. The fourth-order valence-electron chi connectivity index (χ4n) is 1.79. The third-order valence-corrected chi connectivity index (χ3v) is 2.69. The SMILES string of the molecule is COCc1ccc2ncc(C(=O)OC)c(N)c2c1. The lowest BCUT2D eigenvalue weighted by Gasteiger charge is -2.08. The number of nitrogens with two attached hydrogens (primary N) is 1. The van der Waals surface area contributed by atoms with Crippen LogP contribution in [0.1, 0.15) is 15.9 Å². The summed E-state index contributed by atoms with van der Waals surface area (Å²) in [6.07, 6.45) is 1.43. The standard InChI is InChI=1S/C13H14N2O3/c1-17-7-8-3-4-11-9(5-8)12(14)10(6-15-11)13(16)18-2/h3-6H,7H2,1-2H3,(H2,14,15). The molecule has 2 aromatic rings. The molecule has 2 N–H and O–H groups in total. The number of nitrogen functional groups attached to an aromatic ring is 1. The van der Waals surface area contributed by atoms with Crippen molar-refractivity contribution in [1.29, 1.82) is 0 Å². The minimum Gasteiger partial charge on any atom is -0.465 e. The van der Waals surface area contributed by atoms with Gasteiger partial charge in [0.2, 0.25) is 0 Å². The number of nitrogens with zero attached hydrogens (tertiary/aromatic N) is 1. The Morgan fingerprint density at radius 2 is 2.17 bits per heavy atom. The van der Waals surface area contributed by atoms with Gasteiger partial charge in [0.05, 0.1) is 24.9 Å². The summed E-state index contributed by atoms with van der Waals surface area (Å²) < 4.78 is 9.72. The number of pyridine rings is 1. The van der Waals surface area contributed by atoms with E-state index in [-0.39, 0.29) is 5.56 Å². The molecule has 5 heteroatoms. The minimum absolute atomic E-state index is 0.277. The molecular formula is C13H14N2O3. The summed E-state index contributed by atoms with van der Waals surface area (Å²) in [6, 6.07) is 5.63. The van der Waals surface area contributed by atoms with Gasteiger partial charge < -0.3 is 15.2 Å². The molecule has 0 bridgehead atoms. The lowest BCUT2D eigenvalue weighted by atomic mass is 10.1. The van der Waals surface area contributed by atoms with Crippen LogP contribution in [0.25, 0.3) is 10.9 Å². The Bertz CT molecular complexity index is 596. The molecule has 0 unspecified atom stereocenters. The highest BCUT2D eigenvalue weighted by molar-refractivity contribution is 6.04. The number of hydrogen-bond acceptors (Lipinski definition) is 5. The van der Waals surface area contributed by atoms with Crippen LogP contribution in [-0.2, 0) is 16.1 Å². The van der Waals surface area contributed by atoms with Crippen LogP contribution in [0.4, 0.5) is 5.69 Å². The molecule has 2 rings (SSSR count). The molecule has 0 aliphatic rings. The van der Waals surface area contributed by atoms with E-state index in [2.05, 4.69) is 9.72 Å². The zero-order chi connectivity index (χ0) is 13.1. The summed E-state index contributed by atoms with van der Waals surface area (Å²) in [4.78, 5) is 15.7. The molecule has 0 saturated carbocycles. The Kier molecular flexibility index (Phi) is 3.43. The van der Waals surface area contributed by atoms with Gasteiger partial charge in [-0.3, -0.25) is 4.98 Å². The van der Waals surface area contributed by atoms with Crippen molar-refractivity contribution in [3.05, 3.63) is 35.5 Å². The molecule has 0 aliphatic carbocycles. The molecule has 1 aromatic heterocycles. The lowest BCUT2D eigenvalue weighted by molar-refractivity contribution is 0.0601. The van der Waals surface area contributed by atoms with Crippen LogP contribution in [0.3, 0.4) is 0 Å². The van der Waals surface area contributed by atoms with Gasteiger partial charge in [0, 0.05) is 18.7 Å². The second kappa shape index (κ2) is 5.01. The number of carbonyl (C=O) groups excluding carboxylic acids is 1. The van der Waals surface area contributed by atoms with Crippen LogP contribution < -0.4 is 5.73 Å². The summed E-state index contributed by atoms with van der Waals surface area (Å²) in [5.74, 6) is -0.487. The van der Waals surface area contributed by atoms with Gasteiger partial charge in [-0.25, -0.2) is 4.79 Å². The van der Waals surface area contributed by atoms with Gasteiger partial charge in [-0.05, 0) is 17.7 Å². The third kappa shape index (κ3) is 2.12. The first-order valence-electron chi connectivity index (χ1n) is 5.41. The Balaban J connectivity index is 2.60. The fraction of sp³-hybridized carbons (Fsp3) is 0.231. The summed E-state index contributed by atoms with van der Waals surface area (Å²) in [6.45, 7) is 0.484. The molecule has 0 amide bonds. The number of methoxy groups -OCH3 is 2. The first kappa shape index (κ1) is 12.3. The highest BCUT2D eigenvalue weighted by Gasteiger charge is 2.13. The van der Waals surface area contributed by atoms with Crippen LogP contribution in [0.15, 0.2) is 24.4 Å². The van der Waals surface area contributed by atoms with E-state index in [9.17, 15) is 4.79 Å². The number of ether oxygens (including phenoxy) is 2. The molecule has 1 heterocycles. The average Bonchev–Trinajstić information content (AvgIpc) is 2.39. The first-order chi connectivity index (χ1) is 8.67. The van der Waals surface area contributed by atoms with Gasteiger partial charge in [0.1, 0.15) is 5.56 Å².